The highest BCUT2D eigenvalue weighted by atomic mass is 16.4. The summed E-state index contributed by atoms with van der Waals surface area (Å²) < 4.78 is 0. The van der Waals surface area contributed by atoms with E-state index in [-0.39, 0.29) is 6.54 Å². The molecule has 0 aliphatic carbocycles. The fourth-order valence-corrected chi connectivity index (χ4v) is 1.87. The van der Waals surface area contributed by atoms with Crippen molar-refractivity contribution in [2.75, 3.05) is 18.5 Å². The summed E-state index contributed by atoms with van der Waals surface area (Å²) in [5.41, 5.74) is 0.555. The Kier molecular flexibility index (Phi) is 3.11. The van der Waals surface area contributed by atoms with Gasteiger partial charge in [0.15, 0.2) is 0 Å². The second kappa shape index (κ2) is 4.72. The number of pyridine rings is 1. The van der Waals surface area contributed by atoms with Crippen LogP contribution in [0, 0.1) is 11.3 Å². The van der Waals surface area contributed by atoms with Crippen LogP contribution in [0.5, 0.6) is 0 Å². The quantitative estimate of drug-likeness (QED) is 0.883. The zero-order chi connectivity index (χ0) is 13.1. The molecule has 1 aromatic heterocycles. The molecular formula is C13H11N3O2. The van der Waals surface area contributed by atoms with Gasteiger partial charge in [-0.2, -0.15) is 5.26 Å². The Labute approximate surface area is 104 Å². The van der Waals surface area contributed by atoms with Gasteiger partial charge >= 0.3 is 5.97 Å². The lowest BCUT2D eigenvalue weighted by Gasteiger charge is -2.17. The van der Waals surface area contributed by atoms with Gasteiger partial charge < -0.3 is 10.0 Å². The lowest BCUT2D eigenvalue weighted by Crippen LogP contribution is -2.26. The maximum Gasteiger partial charge on any atom is 0.323 e. The molecule has 18 heavy (non-hydrogen) atoms. The number of fused-ring (bicyclic) bond motifs is 1. The Bertz CT molecular complexity index is 646. The van der Waals surface area contributed by atoms with Crippen LogP contribution in [0.1, 0.15) is 5.56 Å². The fraction of sp³-hybridized carbons (Fsp3) is 0.154. The van der Waals surface area contributed by atoms with E-state index in [9.17, 15) is 4.79 Å². The Morgan fingerprint density at radius 2 is 2.22 bits per heavy atom. The first-order chi connectivity index (χ1) is 8.63. The Balaban J connectivity index is 2.59. The molecule has 0 radical (unpaired) electrons. The summed E-state index contributed by atoms with van der Waals surface area (Å²) in [7, 11) is 1.66. The summed E-state index contributed by atoms with van der Waals surface area (Å²) in [6.07, 6.45) is 1.58. The van der Waals surface area contributed by atoms with Crippen LogP contribution in [-0.4, -0.2) is 29.7 Å². The van der Waals surface area contributed by atoms with Crippen LogP contribution in [0.25, 0.3) is 10.8 Å². The lowest BCUT2D eigenvalue weighted by atomic mass is 10.1. The van der Waals surface area contributed by atoms with E-state index in [0.29, 0.717) is 11.4 Å². The van der Waals surface area contributed by atoms with Gasteiger partial charge in [0.25, 0.3) is 0 Å². The average Bonchev–Trinajstić information content (AvgIpc) is 2.36. The van der Waals surface area contributed by atoms with E-state index in [1.807, 2.05) is 6.07 Å². The van der Waals surface area contributed by atoms with Crippen molar-refractivity contribution in [1.82, 2.24) is 4.98 Å². The minimum absolute atomic E-state index is 0.136. The summed E-state index contributed by atoms with van der Waals surface area (Å²) >= 11 is 0. The third kappa shape index (κ3) is 2.09. The van der Waals surface area contributed by atoms with Gasteiger partial charge in [-0.25, -0.2) is 4.98 Å². The van der Waals surface area contributed by atoms with Gasteiger partial charge in [0.2, 0.25) is 0 Å². The smallest absolute Gasteiger partial charge is 0.323 e. The standard InChI is InChI=1S/C13H11N3O2/c1-16(8-12(17)18)13-11-4-2-3-9(7-14)10(11)5-6-15-13/h2-6H,8H2,1H3,(H,17,18). The van der Waals surface area contributed by atoms with E-state index in [1.54, 1.807) is 36.3 Å². The number of rotatable bonds is 3. The summed E-state index contributed by atoms with van der Waals surface area (Å²) in [4.78, 5) is 16.5. The molecule has 2 aromatic rings. The molecule has 0 aliphatic heterocycles. The average molecular weight is 241 g/mol. The molecule has 0 fully saturated rings. The molecule has 1 heterocycles. The Hall–Kier alpha value is -2.61. The number of hydrogen-bond donors (Lipinski definition) is 1. The minimum atomic E-state index is -0.923. The van der Waals surface area contributed by atoms with E-state index in [1.165, 1.54) is 0 Å². The van der Waals surface area contributed by atoms with Crippen LogP contribution >= 0.6 is 0 Å². The summed E-state index contributed by atoms with van der Waals surface area (Å²) in [6, 6.07) is 9.19. The summed E-state index contributed by atoms with van der Waals surface area (Å²) in [5, 5.41) is 19.4. The summed E-state index contributed by atoms with van der Waals surface area (Å²) in [5.74, 6) is -0.361. The molecule has 0 unspecified atom stereocenters. The number of carboxylic acids is 1. The number of likely N-dealkylation sites (N-methyl/N-ethyl adjacent to an activating group) is 1. The van der Waals surface area contributed by atoms with Crippen LogP contribution in [0.4, 0.5) is 5.82 Å². The van der Waals surface area contributed by atoms with Crippen LogP contribution in [0.15, 0.2) is 30.5 Å². The molecule has 0 saturated heterocycles. The van der Waals surface area contributed by atoms with Crippen molar-refractivity contribution >= 4 is 22.6 Å². The van der Waals surface area contributed by atoms with E-state index in [4.69, 9.17) is 10.4 Å². The molecule has 0 atom stereocenters. The number of nitriles is 1. The number of aliphatic carboxylic acids is 1. The first-order valence-corrected chi connectivity index (χ1v) is 5.34. The first-order valence-electron chi connectivity index (χ1n) is 5.34. The lowest BCUT2D eigenvalue weighted by molar-refractivity contribution is -0.135. The van der Waals surface area contributed by atoms with Gasteiger partial charge in [0.1, 0.15) is 12.4 Å². The third-order valence-electron chi connectivity index (χ3n) is 2.64. The SMILES string of the molecule is CN(CC(=O)O)c1nccc2c(C#N)cccc12. The van der Waals surface area contributed by atoms with Crippen molar-refractivity contribution in [3.63, 3.8) is 0 Å². The number of aromatic nitrogens is 1. The maximum absolute atomic E-state index is 10.7. The summed E-state index contributed by atoms with van der Waals surface area (Å²) in [6.45, 7) is -0.136. The van der Waals surface area contributed by atoms with Gasteiger partial charge in [0.05, 0.1) is 11.6 Å². The molecule has 0 bridgehead atoms. The number of hydrogen-bond acceptors (Lipinski definition) is 4. The van der Waals surface area contributed by atoms with Crippen LogP contribution in [0.3, 0.4) is 0 Å². The van der Waals surface area contributed by atoms with Crippen molar-refractivity contribution in [3.05, 3.63) is 36.0 Å². The normalized spacial score (nSPS) is 10.0. The largest absolute Gasteiger partial charge is 0.480 e. The van der Waals surface area contributed by atoms with Gasteiger partial charge in [-0.3, -0.25) is 4.79 Å². The van der Waals surface area contributed by atoms with Crippen LogP contribution < -0.4 is 4.90 Å². The number of benzene rings is 1. The molecular weight excluding hydrogens is 230 g/mol. The molecule has 5 nitrogen and oxygen atoms in total. The van der Waals surface area contributed by atoms with E-state index in [2.05, 4.69) is 11.1 Å². The molecule has 0 saturated carbocycles. The molecule has 90 valence electrons. The van der Waals surface area contributed by atoms with E-state index in [0.717, 1.165) is 10.8 Å². The number of nitrogens with zero attached hydrogens (tertiary/aromatic N) is 3. The second-order valence-electron chi connectivity index (χ2n) is 3.90. The highest BCUT2D eigenvalue weighted by molar-refractivity contribution is 5.96. The number of carbonyl (C=O) groups is 1. The molecule has 1 aromatic carbocycles. The zero-order valence-electron chi connectivity index (χ0n) is 9.79. The van der Waals surface area contributed by atoms with Crippen molar-refractivity contribution in [1.29, 1.82) is 5.26 Å². The fourth-order valence-electron chi connectivity index (χ4n) is 1.87. The second-order valence-corrected chi connectivity index (χ2v) is 3.90. The molecule has 0 aliphatic rings. The van der Waals surface area contributed by atoms with E-state index < -0.39 is 5.97 Å². The number of anilines is 1. The highest BCUT2D eigenvalue weighted by Gasteiger charge is 2.11. The van der Waals surface area contributed by atoms with Crippen molar-refractivity contribution in [2.45, 2.75) is 0 Å². The van der Waals surface area contributed by atoms with Gasteiger partial charge in [-0.1, -0.05) is 12.1 Å². The highest BCUT2D eigenvalue weighted by Crippen LogP contribution is 2.25. The van der Waals surface area contributed by atoms with Gasteiger partial charge in [0, 0.05) is 24.0 Å². The predicted molar refractivity (Wildman–Crippen MR) is 67.4 cm³/mol. The van der Waals surface area contributed by atoms with Crippen LogP contribution in [0.2, 0.25) is 0 Å². The Morgan fingerprint density at radius 3 is 2.89 bits per heavy atom. The minimum Gasteiger partial charge on any atom is -0.480 e. The van der Waals surface area contributed by atoms with Gasteiger partial charge in [-0.15, -0.1) is 0 Å². The van der Waals surface area contributed by atoms with Crippen LogP contribution in [-0.2, 0) is 4.79 Å². The maximum atomic E-state index is 10.7. The molecule has 5 heteroatoms. The number of carboxylic acid groups (broad SMARTS) is 1. The molecule has 2 rings (SSSR count). The van der Waals surface area contributed by atoms with Gasteiger partial charge in [-0.05, 0) is 12.1 Å². The van der Waals surface area contributed by atoms with Crippen molar-refractivity contribution in [2.24, 2.45) is 0 Å². The predicted octanol–water partition coefficient (Wildman–Crippen LogP) is 1.63. The molecule has 0 spiro atoms. The first kappa shape index (κ1) is 11.9. The van der Waals surface area contributed by atoms with Crippen molar-refractivity contribution < 1.29 is 9.90 Å². The molecule has 0 amide bonds. The monoisotopic (exact) mass is 241 g/mol. The zero-order valence-corrected chi connectivity index (χ0v) is 9.79. The Morgan fingerprint density at radius 1 is 1.44 bits per heavy atom. The topological polar surface area (TPSA) is 77.2 Å². The third-order valence-corrected chi connectivity index (χ3v) is 2.64. The molecule has 1 N–H and O–H groups in total. The van der Waals surface area contributed by atoms with E-state index >= 15 is 0 Å². The van der Waals surface area contributed by atoms with Crippen molar-refractivity contribution in [3.8, 4) is 6.07 Å².